The molecule has 1 fully saturated rings. The maximum absolute atomic E-state index is 12.0. The Labute approximate surface area is 103 Å². The average molecular weight is 232 g/mol. The fourth-order valence-corrected chi connectivity index (χ4v) is 2.40. The molecular weight excluding hydrogens is 212 g/mol. The zero-order valence-electron chi connectivity index (χ0n) is 10.5. The topological polar surface area (TPSA) is 46.3 Å². The average Bonchev–Trinajstić information content (AvgIpc) is 2.72. The summed E-state index contributed by atoms with van der Waals surface area (Å²) in [7, 11) is 0. The Morgan fingerprint density at radius 2 is 1.94 bits per heavy atom. The van der Waals surface area contributed by atoms with Gasteiger partial charge in [-0.25, -0.2) is 0 Å². The van der Waals surface area contributed by atoms with Crippen LogP contribution in [0.3, 0.4) is 0 Å². The minimum absolute atomic E-state index is 0.0897. The molecule has 1 aromatic carbocycles. The lowest BCUT2D eigenvalue weighted by Gasteiger charge is -2.25. The van der Waals surface area contributed by atoms with Crippen LogP contribution < -0.4 is 5.73 Å². The summed E-state index contributed by atoms with van der Waals surface area (Å²) in [5.41, 5.74) is 7.07. The van der Waals surface area contributed by atoms with E-state index < -0.39 is 0 Å². The Balaban J connectivity index is 2.11. The Bertz CT molecular complexity index is 388. The molecule has 92 valence electrons. The summed E-state index contributed by atoms with van der Waals surface area (Å²) in [6.45, 7) is 4.85. The molecule has 0 bridgehead atoms. The number of nitrogens with two attached hydrogens (primary N) is 1. The fraction of sp³-hybridized carbons (Fsp3) is 0.500. The first-order chi connectivity index (χ1) is 8.09. The third kappa shape index (κ3) is 2.50. The molecule has 2 N–H and O–H groups in total. The summed E-state index contributed by atoms with van der Waals surface area (Å²) in [6, 6.07) is 10.4. The SMILES string of the molecule is C[C@H](N)C1CC(=O)N([C@H](C)c2ccccc2)C1. The van der Waals surface area contributed by atoms with Crippen molar-refractivity contribution in [1.29, 1.82) is 0 Å². The van der Waals surface area contributed by atoms with Crippen molar-refractivity contribution in [2.45, 2.75) is 32.4 Å². The Morgan fingerprint density at radius 1 is 1.29 bits per heavy atom. The van der Waals surface area contributed by atoms with Crippen LogP contribution in [0.2, 0.25) is 0 Å². The number of amides is 1. The predicted octanol–water partition coefficient (Wildman–Crippen LogP) is 1.94. The van der Waals surface area contributed by atoms with Gasteiger partial charge in [-0.1, -0.05) is 30.3 Å². The van der Waals surface area contributed by atoms with Crippen LogP contribution in [0.25, 0.3) is 0 Å². The molecule has 0 saturated carbocycles. The quantitative estimate of drug-likeness (QED) is 0.865. The lowest BCUT2D eigenvalue weighted by Crippen LogP contribution is -2.32. The summed E-state index contributed by atoms with van der Waals surface area (Å²) in [4.78, 5) is 13.9. The molecule has 0 aliphatic carbocycles. The van der Waals surface area contributed by atoms with Gasteiger partial charge in [0.05, 0.1) is 6.04 Å². The van der Waals surface area contributed by atoms with Crippen molar-refractivity contribution in [2.75, 3.05) is 6.54 Å². The standard InChI is InChI=1S/C14H20N2O/c1-10(15)13-8-14(17)16(9-13)11(2)12-6-4-3-5-7-12/h3-7,10-11,13H,8-9,15H2,1-2H3/t10-,11+,13?/m0/s1. The highest BCUT2D eigenvalue weighted by Gasteiger charge is 2.34. The second-order valence-electron chi connectivity index (χ2n) is 4.96. The van der Waals surface area contributed by atoms with Gasteiger partial charge in [-0.2, -0.15) is 0 Å². The van der Waals surface area contributed by atoms with Gasteiger partial charge in [0, 0.05) is 24.9 Å². The predicted molar refractivity (Wildman–Crippen MR) is 68.3 cm³/mol. The van der Waals surface area contributed by atoms with E-state index in [4.69, 9.17) is 5.73 Å². The van der Waals surface area contributed by atoms with Crippen LogP contribution in [0.15, 0.2) is 30.3 Å². The van der Waals surface area contributed by atoms with Gasteiger partial charge in [0.2, 0.25) is 5.91 Å². The number of nitrogens with zero attached hydrogens (tertiary/aromatic N) is 1. The number of likely N-dealkylation sites (tertiary alicyclic amines) is 1. The third-order valence-electron chi connectivity index (χ3n) is 3.68. The van der Waals surface area contributed by atoms with Crippen molar-refractivity contribution >= 4 is 5.91 Å². The van der Waals surface area contributed by atoms with E-state index in [1.807, 2.05) is 30.0 Å². The number of rotatable bonds is 3. The summed E-state index contributed by atoms with van der Waals surface area (Å²) >= 11 is 0. The molecule has 1 aliphatic rings. The normalized spacial score (nSPS) is 23.8. The molecule has 1 saturated heterocycles. The van der Waals surface area contributed by atoms with Gasteiger partial charge in [0.25, 0.3) is 0 Å². The zero-order valence-corrected chi connectivity index (χ0v) is 10.5. The van der Waals surface area contributed by atoms with Gasteiger partial charge in [0.15, 0.2) is 0 Å². The van der Waals surface area contributed by atoms with E-state index in [9.17, 15) is 4.79 Å². The van der Waals surface area contributed by atoms with Crippen molar-refractivity contribution in [3.8, 4) is 0 Å². The lowest BCUT2D eigenvalue weighted by molar-refractivity contribution is -0.129. The summed E-state index contributed by atoms with van der Waals surface area (Å²) < 4.78 is 0. The molecule has 17 heavy (non-hydrogen) atoms. The highest BCUT2D eigenvalue weighted by Crippen LogP contribution is 2.29. The second-order valence-corrected chi connectivity index (χ2v) is 4.96. The number of carbonyl (C=O) groups excluding carboxylic acids is 1. The van der Waals surface area contributed by atoms with Crippen LogP contribution in [-0.2, 0) is 4.79 Å². The first kappa shape index (κ1) is 12.1. The van der Waals surface area contributed by atoms with E-state index in [1.54, 1.807) is 0 Å². The number of hydrogen-bond donors (Lipinski definition) is 1. The Hall–Kier alpha value is -1.35. The van der Waals surface area contributed by atoms with E-state index in [1.165, 1.54) is 5.56 Å². The molecule has 1 amide bonds. The van der Waals surface area contributed by atoms with Crippen molar-refractivity contribution in [3.63, 3.8) is 0 Å². The number of benzene rings is 1. The van der Waals surface area contributed by atoms with Crippen LogP contribution in [0.4, 0.5) is 0 Å². The van der Waals surface area contributed by atoms with Gasteiger partial charge >= 0.3 is 0 Å². The molecule has 1 aliphatic heterocycles. The molecule has 3 atom stereocenters. The van der Waals surface area contributed by atoms with E-state index in [0.717, 1.165) is 6.54 Å². The number of hydrogen-bond acceptors (Lipinski definition) is 2. The van der Waals surface area contributed by atoms with Gasteiger partial charge in [-0.15, -0.1) is 0 Å². The molecule has 2 rings (SSSR count). The molecule has 3 nitrogen and oxygen atoms in total. The molecule has 0 spiro atoms. The summed E-state index contributed by atoms with van der Waals surface area (Å²) in [6.07, 6.45) is 0.592. The van der Waals surface area contributed by atoms with Gasteiger partial charge in [-0.05, 0) is 19.4 Å². The lowest BCUT2D eigenvalue weighted by atomic mass is 10.0. The van der Waals surface area contributed by atoms with Gasteiger partial charge in [-0.3, -0.25) is 4.79 Å². The maximum Gasteiger partial charge on any atom is 0.223 e. The van der Waals surface area contributed by atoms with Crippen LogP contribution in [-0.4, -0.2) is 23.4 Å². The van der Waals surface area contributed by atoms with Crippen LogP contribution >= 0.6 is 0 Å². The van der Waals surface area contributed by atoms with Crippen molar-refractivity contribution in [1.82, 2.24) is 4.90 Å². The largest absolute Gasteiger partial charge is 0.336 e. The monoisotopic (exact) mass is 232 g/mol. The minimum Gasteiger partial charge on any atom is -0.336 e. The zero-order chi connectivity index (χ0) is 12.4. The Kier molecular flexibility index (Phi) is 3.48. The van der Waals surface area contributed by atoms with Crippen molar-refractivity contribution in [3.05, 3.63) is 35.9 Å². The van der Waals surface area contributed by atoms with Crippen LogP contribution in [0.1, 0.15) is 31.9 Å². The van der Waals surface area contributed by atoms with Crippen molar-refractivity contribution in [2.24, 2.45) is 11.7 Å². The third-order valence-corrected chi connectivity index (χ3v) is 3.68. The summed E-state index contributed by atoms with van der Waals surface area (Å²) in [5, 5.41) is 0. The highest BCUT2D eigenvalue weighted by atomic mass is 16.2. The van der Waals surface area contributed by atoms with E-state index in [2.05, 4.69) is 19.1 Å². The van der Waals surface area contributed by atoms with Gasteiger partial charge < -0.3 is 10.6 Å². The first-order valence-electron chi connectivity index (χ1n) is 6.19. The van der Waals surface area contributed by atoms with Crippen LogP contribution in [0, 0.1) is 5.92 Å². The summed E-state index contributed by atoms with van der Waals surface area (Å²) in [5.74, 6) is 0.525. The van der Waals surface area contributed by atoms with E-state index >= 15 is 0 Å². The maximum atomic E-state index is 12.0. The second kappa shape index (κ2) is 4.88. The van der Waals surface area contributed by atoms with Crippen molar-refractivity contribution < 1.29 is 4.79 Å². The molecule has 0 aromatic heterocycles. The van der Waals surface area contributed by atoms with Crippen LogP contribution in [0.5, 0.6) is 0 Å². The fourth-order valence-electron chi connectivity index (χ4n) is 2.40. The van der Waals surface area contributed by atoms with Gasteiger partial charge in [0.1, 0.15) is 0 Å². The highest BCUT2D eigenvalue weighted by molar-refractivity contribution is 5.79. The first-order valence-corrected chi connectivity index (χ1v) is 6.19. The number of carbonyl (C=O) groups is 1. The molecular formula is C14H20N2O. The molecule has 3 heteroatoms. The smallest absolute Gasteiger partial charge is 0.223 e. The van der Waals surface area contributed by atoms with E-state index in [-0.39, 0.29) is 18.0 Å². The molecule has 1 heterocycles. The molecule has 0 radical (unpaired) electrons. The Morgan fingerprint density at radius 3 is 2.47 bits per heavy atom. The minimum atomic E-state index is 0.0897. The van der Waals surface area contributed by atoms with E-state index in [0.29, 0.717) is 12.3 Å². The molecule has 1 unspecified atom stereocenters. The molecule has 1 aromatic rings.